The first-order valence-corrected chi connectivity index (χ1v) is 11.9. The Hall–Kier alpha value is -3.37. The summed E-state index contributed by atoms with van der Waals surface area (Å²) in [5, 5.41) is 27.6. The van der Waals surface area contributed by atoms with Crippen molar-refractivity contribution in [3.8, 4) is 11.8 Å². The summed E-state index contributed by atoms with van der Waals surface area (Å²) in [6, 6.07) is 12.2. The molecule has 0 fully saturated rings. The van der Waals surface area contributed by atoms with Crippen LogP contribution in [0.5, 0.6) is 5.75 Å². The number of fused-ring (bicyclic) bond motifs is 1. The highest BCUT2D eigenvalue weighted by atomic mass is 35.5. The van der Waals surface area contributed by atoms with Crippen molar-refractivity contribution >= 4 is 34.2 Å². The molecule has 2 N–H and O–H groups in total. The molecule has 8 heteroatoms. The first-order valence-electron chi connectivity index (χ1n) is 11.6. The third-order valence-corrected chi connectivity index (χ3v) is 6.05. The van der Waals surface area contributed by atoms with Crippen molar-refractivity contribution in [2.45, 2.75) is 52.0 Å². The van der Waals surface area contributed by atoms with Crippen molar-refractivity contribution in [3.05, 3.63) is 58.7 Å². The standard InChI is InChI=1S/C26H29ClN4O3/c1-2-5-18(6-3-7-24(32)19-8-10-20(27)11-9-19)16-31-17-22-23(30-31)13-12-21(25(22)33)26(34)29-15-4-14-28/h8-13,17-18,33H,2-7,15-16H2,1H3,(H,29,34). The molecule has 3 rings (SSSR count). The largest absolute Gasteiger partial charge is 0.506 e. The first-order chi connectivity index (χ1) is 16.4. The van der Waals surface area contributed by atoms with Gasteiger partial charge in [-0.25, -0.2) is 0 Å². The molecule has 3 aromatic rings. The Kier molecular flexibility index (Phi) is 9.06. The van der Waals surface area contributed by atoms with Gasteiger partial charge in [0.15, 0.2) is 5.78 Å². The predicted molar refractivity (Wildman–Crippen MR) is 132 cm³/mol. The van der Waals surface area contributed by atoms with Gasteiger partial charge in [0.25, 0.3) is 5.91 Å². The van der Waals surface area contributed by atoms with Gasteiger partial charge in [-0.1, -0.05) is 24.9 Å². The fourth-order valence-corrected chi connectivity index (χ4v) is 4.19. The number of rotatable bonds is 12. The summed E-state index contributed by atoms with van der Waals surface area (Å²) in [5.41, 5.74) is 1.45. The molecular weight excluding hydrogens is 452 g/mol. The van der Waals surface area contributed by atoms with Crippen LogP contribution in [0.15, 0.2) is 42.6 Å². The van der Waals surface area contributed by atoms with Crippen LogP contribution in [-0.4, -0.2) is 33.1 Å². The summed E-state index contributed by atoms with van der Waals surface area (Å²) < 4.78 is 1.81. The third-order valence-electron chi connectivity index (χ3n) is 5.80. The maximum absolute atomic E-state index is 12.4. The van der Waals surface area contributed by atoms with E-state index in [-0.39, 0.29) is 30.1 Å². The number of nitrogens with zero attached hydrogens (tertiary/aromatic N) is 3. The van der Waals surface area contributed by atoms with Gasteiger partial charge in [-0.05, 0) is 61.6 Å². The van der Waals surface area contributed by atoms with Gasteiger partial charge in [0.1, 0.15) is 5.75 Å². The summed E-state index contributed by atoms with van der Waals surface area (Å²) in [5.74, 6) is -0.0779. The van der Waals surface area contributed by atoms with Crippen LogP contribution in [0.2, 0.25) is 5.02 Å². The minimum atomic E-state index is -0.420. The molecule has 34 heavy (non-hydrogen) atoms. The van der Waals surface area contributed by atoms with Crippen LogP contribution >= 0.6 is 11.6 Å². The summed E-state index contributed by atoms with van der Waals surface area (Å²) in [6.45, 7) is 3.03. The summed E-state index contributed by atoms with van der Waals surface area (Å²) in [6.07, 6.45) is 6.15. The predicted octanol–water partition coefficient (Wildman–Crippen LogP) is 5.51. The zero-order valence-corrected chi connectivity index (χ0v) is 20.0. The lowest BCUT2D eigenvalue weighted by atomic mass is 9.95. The van der Waals surface area contributed by atoms with E-state index in [1.165, 1.54) is 0 Å². The first kappa shape index (κ1) is 25.3. The number of carbonyl (C=O) groups is 2. The van der Waals surface area contributed by atoms with Gasteiger partial charge in [-0.15, -0.1) is 0 Å². The molecule has 0 saturated carbocycles. The zero-order chi connectivity index (χ0) is 24.5. The fraction of sp³-hybridized carbons (Fsp3) is 0.385. The molecule has 1 unspecified atom stereocenters. The van der Waals surface area contributed by atoms with Gasteiger partial charge in [0.05, 0.1) is 29.0 Å². The number of ketones is 1. The van der Waals surface area contributed by atoms with E-state index in [1.807, 2.05) is 10.8 Å². The van der Waals surface area contributed by atoms with Crippen LogP contribution in [0.4, 0.5) is 0 Å². The summed E-state index contributed by atoms with van der Waals surface area (Å²) in [7, 11) is 0. The SMILES string of the molecule is CCCC(CCCC(=O)c1ccc(Cl)cc1)Cn1cc2c(O)c(C(=O)NCCC#N)ccc2n1. The van der Waals surface area contributed by atoms with Crippen LogP contribution in [0, 0.1) is 17.2 Å². The third kappa shape index (κ3) is 6.58. The molecule has 0 spiro atoms. The minimum Gasteiger partial charge on any atom is -0.506 e. The van der Waals surface area contributed by atoms with Gasteiger partial charge < -0.3 is 10.4 Å². The number of Topliss-reactive ketones (excluding diaryl/α,β-unsaturated/α-hetero) is 1. The number of aromatic hydroxyl groups is 1. The molecule has 0 aliphatic rings. The summed E-state index contributed by atoms with van der Waals surface area (Å²) >= 11 is 5.90. The highest BCUT2D eigenvalue weighted by molar-refractivity contribution is 6.30. The molecule has 0 saturated heterocycles. The molecule has 0 aliphatic heterocycles. The number of halogens is 1. The second-order valence-corrected chi connectivity index (χ2v) is 8.82. The minimum absolute atomic E-state index is 0.112. The Bertz CT molecular complexity index is 1180. The van der Waals surface area contributed by atoms with Crippen molar-refractivity contribution in [3.63, 3.8) is 0 Å². The average molecular weight is 481 g/mol. The molecular formula is C26H29ClN4O3. The van der Waals surface area contributed by atoms with Gasteiger partial charge in [0.2, 0.25) is 0 Å². The number of nitrogens with one attached hydrogen (secondary N) is 1. The lowest BCUT2D eigenvalue weighted by Crippen LogP contribution is -2.24. The van der Waals surface area contributed by atoms with Crippen LogP contribution in [0.25, 0.3) is 10.9 Å². The number of hydrogen-bond acceptors (Lipinski definition) is 5. The van der Waals surface area contributed by atoms with Gasteiger partial charge in [0, 0.05) is 36.3 Å². The number of phenolic OH excluding ortho intramolecular Hbond substituents is 1. The van der Waals surface area contributed by atoms with E-state index < -0.39 is 5.91 Å². The normalized spacial score (nSPS) is 11.8. The zero-order valence-electron chi connectivity index (χ0n) is 19.3. The van der Waals surface area contributed by atoms with Crippen molar-refractivity contribution in [2.24, 2.45) is 5.92 Å². The number of phenols is 1. The number of amides is 1. The van der Waals surface area contributed by atoms with E-state index in [9.17, 15) is 14.7 Å². The van der Waals surface area contributed by atoms with Crippen molar-refractivity contribution < 1.29 is 14.7 Å². The van der Waals surface area contributed by atoms with Crippen molar-refractivity contribution in [1.29, 1.82) is 5.26 Å². The second-order valence-electron chi connectivity index (χ2n) is 8.39. The Morgan fingerprint density at radius 2 is 1.97 bits per heavy atom. The van der Waals surface area contributed by atoms with Crippen molar-refractivity contribution in [1.82, 2.24) is 15.1 Å². The van der Waals surface area contributed by atoms with Crippen LogP contribution in [-0.2, 0) is 6.54 Å². The lowest BCUT2D eigenvalue weighted by Gasteiger charge is -2.16. The smallest absolute Gasteiger partial charge is 0.255 e. The summed E-state index contributed by atoms with van der Waals surface area (Å²) in [4.78, 5) is 24.7. The monoisotopic (exact) mass is 480 g/mol. The van der Waals surface area contributed by atoms with E-state index in [0.29, 0.717) is 40.4 Å². The van der Waals surface area contributed by atoms with Gasteiger partial charge >= 0.3 is 0 Å². The van der Waals surface area contributed by atoms with Crippen LogP contribution < -0.4 is 5.32 Å². The maximum atomic E-state index is 12.4. The molecule has 178 valence electrons. The van der Waals surface area contributed by atoms with Gasteiger partial charge in [-0.3, -0.25) is 14.3 Å². The highest BCUT2D eigenvalue weighted by Crippen LogP contribution is 2.29. The number of aromatic nitrogens is 2. The van der Waals surface area contributed by atoms with E-state index in [0.717, 1.165) is 25.7 Å². The molecule has 1 amide bonds. The quantitative estimate of drug-likeness (QED) is 0.262. The van der Waals surface area contributed by atoms with E-state index in [4.69, 9.17) is 16.9 Å². The van der Waals surface area contributed by atoms with Crippen LogP contribution in [0.3, 0.4) is 0 Å². The molecule has 1 atom stereocenters. The Labute approximate surface area is 204 Å². The molecule has 0 aliphatic carbocycles. The topological polar surface area (TPSA) is 108 Å². The van der Waals surface area contributed by atoms with Crippen molar-refractivity contribution in [2.75, 3.05) is 6.54 Å². The fourth-order valence-electron chi connectivity index (χ4n) is 4.06. The van der Waals surface area contributed by atoms with Gasteiger partial charge in [-0.2, -0.15) is 10.4 Å². The van der Waals surface area contributed by atoms with E-state index >= 15 is 0 Å². The number of nitriles is 1. The highest BCUT2D eigenvalue weighted by Gasteiger charge is 2.17. The lowest BCUT2D eigenvalue weighted by molar-refractivity contribution is 0.0949. The maximum Gasteiger partial charge on any atom is 0.255 e. The van der Waals surface area contributed by atoms with E-state index in [1.54, 1.807) is 42.6 Å². The van der Waals surface area contributed by atoms with Crippen LogP contribution in [0.1, 0.15) is 66.2 Å². The van der Waals surface area contributed by atoms with E-state index in [2.05, 4.69) is 17.3 Å². The Balaban J connectivity index is 1.63. The molecule has 1 heterocycles. The molecule has 1 aromatic heterocycles. The molecule has 0 bridgehead atoms. The molecule has 0 radical (unpaired) electrons. The average Bonchev–Trinajstić information content (AvgIpc) is 3.23. The Morgan fingerprint density at radius 3 is 2.68 bits per heavy atom. The number of carbonyl (C=O) groups excluding carboxylic acids is 2. The second kappa shape index (κ2) is 12.2. The molecule has 2 aromatic carbocycles. The Morgan fingerprint density at radius 1 is 1.21 bits per heavy atom. The number of benzene rings is 2. The number of hydrogen-bond donors (Lipinski definition) is 2. The molecule has 7 nitrogen and oxygen atoms in total.